The van der Waals surface area contributed by atoms with E-state index in [4.69, 9.17) is 4.74 Å². The van der Waals surface area contributed by atoms with Gasteiger partial charge in [0, 0.05) is 7.11 Å². The van der Waals surface area contributed by atoms with Crippen LogP contribution in [-0.2, 0) is 9.53 Å². The van der Waals surface area contributed by atoms with Crippen LogP contribution in [0.25, 0.3) is 0 Å². The molecule has 1 aliphatic rings. The quantitative estimate of drug-likeness (QED) is 0.714. The molecular formula is C11H21NO3. The summed E-state index contributed by atoms with van der Waals surface area (Å²) in [6, 6.07) is 0. The van der Waals surface area contributed by atoms with Crippen molar-refractivity contribution in [3.8, 4) is 0 Å². The smallest absolute Gasteiger partial charge is 0.223 e. The molecule has 88 valence electrons. The topological polar surface area (TPSA) is 58.6 Å². The molecule has 1 amide bonds. The molecule has 0 atom stereocenters. The average Bonchev–Trinajstić information content (AvgIpc) is 2.11. The van der Waals surface area contributed by atoms with E-state index in [1.165, 1.54) is 0 Å². The molecule has 4 nitrogen and oxygen atoms in total. The van der Waals surface area contributed by atoms with Crippen molar-refractivity contribution in [1.29, 1.82) is 0 Å². The van der Waals surface area contributed by atoms with Gasteiger partial charge in [0.05, 0.1) is 24.2 Å². The Balaban J connectivity index is 2.42. The molecule has 0 heterocycles. The van der Waals surface area contributed by atoms with Crippen LogP contribution < -0.4 is 5.32 Å². The zero-order valence-electron chi connectivity index (χ0n) is 9.80. The second kappa shape index (κ2) is 4.49. The van der Waals surface area contributed by atoms with Crippen LogP contribution in [0.2, 0.25) is 0 Å². The van der Waals surface area contributed by atoms with Crippen molar-refractivity contribution >= 4 is 5.91 Å². The van der Waals surface area contributed by atoms with Gasteiger partial charge in [-0.3, -0.25) is 4.79 Å². The fraction of sp³-hybridized carbons (Fsp3) is 0.909. The van der Waals surface area contributed by atoms with Crippen molar-refractivity contribution in [3.63, 3.8) is 0 Å². The molecule has 0 aromatic carbocycles. The Bertz CT molecular complexity index is 228. The number of aliphatic hydroxyl groups is 1. The number of amides is 1. The Hall–Kier alpha value is -0.610. The molecule has 1 rings (SSSR count). The second-order valence-corrected chi connectivity index (χ2v) is 4.98. The number of carbonyl (C=O) groups is 1. The molecule has 4 heteroatoms. The number of hydrogen-bond acceptors (Lipinski definition) is 3. The highest BCUT2D eigenvalue weighted by atomic mass is 16.5. The van der Waals surface area contributed by atoms with Crippen molar-refractivity contribution in [2.24, 2.45) is 0 Å². The first kappa shape index (κ1) is 12.5. The van der Waals surface area contributed by atoms with Gasteiger partial charge in [-0.1, -0.05) is 0 Å². The monoisotopic (exact) mass is 215 g/mol. The number of nitrogens with one attached hydrogen (secondary N) is 1. The summed E-state index contributed by atoms with van der Waals surface area (Å²) in [5.41, 5.74) is -0.786. The fourth-order valence-corrected chi connectivity index (χ4v) is 1.72. The molecule has 2 N–H and O–H groups in total. The summed E-state index contributed by atoms with van der Waals surface area (Å²) in [6.07, 6.45) is 3.16. The first-order valence-electron chi connectivity index (χ1n) is 5.40. The predicted molar refractivity (Wildman–Crippen MR) is 57.5 cm³/mol. The minimum atomic E-state index is -0.440. The van der Waals surface area contributed by atoms with Gasteiger partial charge in [0.1, 0.15) is 0 Å². The average molecular weight is 215 g/mol. The summed E-state index contributed by atoms with van der Waals surface area (Å²) >= 11 is 0. The molecule has 1 fully saturated rings. The molecule has 0 aromatic rings. The van der Waals surface area contributed by atoms with Crippen LogP contribution in [0.5, 0.6) is 0 Å². The number of aliphatic hydroxyl groups excluding tert-OH is 1. The molecule has 0 aromatic heterocycles. The van der Waals surface area contributed by atoms with Crippen LogP contribution in [-0.4, -0.2) is 35.9 Å². The maximum absolute atomic E-state index is 11.7. The zero-order chi connectivity index (χ0) is 11.5. The molecule has 0 bridgehead atoms. The third-order valence-corrected chi connectivity index (χ3v) is 3.16. The van der Waals surface area contributed by atoms with E-state index in [0.29, 0.717) is 6.42 Å². The third-order valence-electron chi connectivity index (χ3n) is 3.16. The van der Waals surface area contributed by atoms with Gasteiger partial charge < -0.3 is 15.2 Å². The third kappa shape index (κ3) is 3.18. The van der Waals surface area contributed by atoms with Crippen LogP contribution in [0.4, 0.5) is 0 Å². The summed E-state index contributed by atoms with van der Waals surface area (Å²) in [7, 11) is 1.60. The van der Waals surface area contributed by atoms with Crippen molar-refractivity contribution in [2.45, 2.75) is 50.7 Å². The lowest BCUT2D eigenvalue weighted by atomic mass is 9.77. The number of carbonyl (C=O) groups excluding carboxylic acids is 1. The van der Waals surface area contributed by atoms with Gasteiger partial charge in [0.2, 0.25) is 5.91 Å². The van der Waals surface area contributed by atoms with E-state index in [1.807, 2.05) is 13.8 Å². The van der Waals surface area contributed by atoms with Crippen molar-refractivity contribution in [2.75, 3.05) is 13.7 Å². The lowest BCUT2D eigenvalue weighted by Crippen LogP contribution is -2.57. The molecule has 1 aliphatic carbocycles. The van der Waals surface area contributed by atoms with Crippen LogP contribution in [0.15, 0.2) is 0 Å². The molecule has 0 radical (unpaired) electrons. The van der Waals surface area contributed by atoms with Gasteiger partial charge >= 0.3 is 0 Å². The largest absolute Gasteiger partial charge is 0.394 e. The Labute approximate surface area is 91.0 Å². The van der Waals surface area contributed by atoms with E-state index in [9.17, 15) is 9.90 Å². The maximum atomic E-state index is 11.7. The highest BCUT2D eigenvalue weighted by Gasteiger charge is 2.38. The summed E-state index contributed by atoms with van der Waals surface area (Å²) < 4.78 is 5.18. The van der Waals surface area contributed by atoms with Gasteiger partial charge in [-0.05, 0) is 33.1 Å². The first-order chi connectivity index (χ1) is 6.93. The lowest BCUT2D eigenvalue weighted by Gasteiger charge is -2.41. The van der Waals surface area contributed by atoms with Gasteiger partial charge in [-0.25, -0.2) is 0 Å². The SMILES string of the molecule is COC(C)(C)CC(=O)NC1(CO)CCC1. The van der Waals surface area contributed by atoms with Crippen LogP contribution >= 0.6 is 0 Å². The van der Waals surface area contributed by atoms with E-state index in [2.05, 4.69) is 5.32 Å². The minimum absolute atomic E-state index is 0.0339. The number of rotatable bonds is 5. The van der Waals surface area contributed by atoms with Crippen LogP contribution in [0, 0.1) is 0 Å². The Morgan fingerprint density at radius 2 is 2.13 bits per heavy atom. The summed E-state index contributed by atoms with van der Waals surface area (Å²) in [5.74, 6) is -0.0457. The Morgan fingerprint density at radius 3 is 2.47 bits per heavy atom. The van der Waals surface area contributed by atoms with E-state index in [-0.39, 0.29) is 18.1 Å². The van der Waals surface area contributed by atoms with Gasteiger partial charge in [-0.15, -0.1) is 0 Å². The number of hydrogen-bond donors (Lipinski definition) is 2. The van der Waals surface area contributed by atoms with Crippen molar-refractivity contribution in [1.82, 2.24) is 5.32 Å². The number of ether oxygens (including phenoxy) is 1. The molecule has 0 unspecified atom stereocenters. The zero-order valence-corrected chi connectivity index (χ0v) is 9.80. The maximum Gasteiger partial charge on any atom is 0.223 e. The Morgan fingerprint density at radius 1 is 1.53 bits per heavy atom. The first-order valence-corrected chi connectivity index (χ1v) is 5.40. The van der Waals surface area contributed by atoms with Crippen LogP contribution in [0.3, 0.4) is 0 Å². The van der Waals surface area contributed by atoms with E-state index >= 15 is 0 Å². The van der Waals surface area contributed by atoms with Gasteiger partial charge in [0.15, 0.2) is 0 Å². The molecule has 0 spiro atoms. The molecule has 0 saturated heterocycles. The summed E-state index contributed by atoms with van der Waals surface area (Å²) in [4.78, 5) is 11.7. The number of methoxy groups -OCH3 is 1. The highest BCUT2D eigenvalue weighted by Crippen LogP contribution is 2.31. The van der Waals surface area contributed by atoms with Gasteiger partial charge in [-0.2, -0.15) is 0 Å². The molecule has 1 saturated carbocycles. The highest BCUT2D eigenvalue weighted by molar-refractivity contribution is 5.78. The molecule has 15 heavy (non-hydrogen) atoms. The standard InChI is InChI=1S/C11H21NO3/c1-10(2,15-3)7-9(14)12-11(8-13)5-4-6-11/h13H,4-8H2,1-3H3,(H,12,14). The predicted octanol–water partition coefficient (Wildman–Crippen LogP) is 0.833. The molecular weight excluding hydrogens is 194 g/mol. The van der Waals surface area contributed by atoms with Gasteiger partial charge in [0.25, 0.3) is 0 Å². The van der Waals surface area contributed by atoms with E-state index < -0.39 is 5.60 Å². The minimum Gasteiger partial charge on any atom is -0.394 e. The van der Waals surface area contributed by atoms with E-state index in [1.54, 1.807) is 7.11 Å². The second-order valence-electron chi connectivity index (χ2n) is 4.98. The Kier molecular flexibility index (Phi) is 3.73. The normalized spacial score (nSPS) is 19.5. The van der Waals surface area contributed by atoms with E-state index in [0.717, 1.165) is 19.3 Å². The molecule has 0 aliphatic heterocycles. The fourth-order valence-electron chi connectivity index (χ4n) is 1.72. The summed E-state index contributed by atoms with van der Waals surface area (Å²) in [6.45, 7) is 3.78. The lowest BCUT2D eigenvalue weighted by molar-refractivity contribution is -0.130. The summed E-state index contributed by atoms with van der Waals surface area (Å²) in [5, 5.41) is 12.1. The van der Waals surface area contributed by atoms with Crippen LogP contribution in [0.1, 0.15) is 39.5 Å². The van der Waals surface area contributed by atoms with Crippen molar-refractivity contribution in [3.05, 3.63) is 0 Å². The van der Waals surface area contributed by atoms with Crippen molar-refractivity contribution < 1.29 is 14.6 Å².